The number of nitrogens with one attached hydrogen (secondary N) is 1. The number of hydrogen-bond donors (Lipinski definition) is 1. The van der Waals surface area contributed by atoms with Gasteiger partial charge in [-0.2, -0.15) is 0 Å². The minimum atomic E-state index is -4.71. The molecule has 3 aromatic rings. The zero-order chi connectivity index (χ0) is 21.1. The van der Waals surface area contributed by atoms with E-state index in [1.807, 2.05) is 24.3 Å². The van der Waals surface area contributed by atoms with Gasteiger partial charge in [-0.25, -0.2) is 9.97 Å². The Kier molecular flexibility index (Phi) is 5.48. The summed E-state index contributed by atoms with van der Waals surface area (Å²) in [4.78, 5) is 9.14. The van der Waals surface area contributed by atoms with Crippen LogP contribution < -0.4 is 14.8 Å². The molecule has 4 rings (SSSR count). The van der Waals surface area contributed by atoms with E-state index in [9.17, 15) is 13.2 Å². The van der Waals surface area contributed by atoms with Crippen LogP contribution in [0, 0.1) is 0 Å². The van der Waals surface area contributed by atoms with Gasteiger partial charge in [0.1, 0.15) is 17.3 Å². The van der Waals surface area contributed by atoms with Crippen molar-refractivity contribution in [2.75, 3.05) is 12.4 Å². The number of benzene rings is 1. The fourth-order valence-electron chi connectivity index (χ4n) is 3.14. The molecule has 1 saturated carbocycles. The normalized spacial score (nSPS) is 13.7. The molecule has 0 radical (unpaired) electrons. The third-order valence-electron chi connectivity index (χ3n) is 4.73. The summed E-state index contributed by atoms with van der Waals surface area (Å²) in [5.74, 6) is 1.63. The summed E-state index contributed by atoms with van der Waals surface area (Å²) in [5, 5.41) is 3.10. The second-order valence-corrected chi connectivity index (χ2v) is 7.04. The maximum Gasteiger partial charge on any atom is 0.573 e. The van der Waals surface area contributed by atoms with Gasteiger partial charge in [-0.3, -0.25) is 0 Å². The lowest BCUT2D eigenvalue weighted by Gasteiger charge is -2.11. The van der Waals surface area contributed by atoms with Crippen LogP contribution >= 0.6 is 0 Å². The average Bonchev–Trinajstić information content (AvgIpc) is 3.56. The lowest BCUT2D eigenvalue weighted by Crippen LogP contribution is -2.17. The van der Waals surface area contributed by atoms with Gasteiger partial charge in [-0.15, -0.1) is 13.2 Å². The van der Waals surface area contributed by atoms with Crippen molar-refractivity contribution in [1.82, 2.24) is 9.97 Å². The van der Waals surface area contributed by atoms with Crippen LogP contribution in [0.3, 0.4) is 0 Å². The molecular formula is C22H20F3N3O2. The molecule has 0 unspecified atom stereocenters. The zero-order valence-electron chi connectivity index (χ0n) is 16.2. The highest BCUT2D eigenvalue weighted by molar-refractivity contribution is 5.61. The largest absolute Gasteiger partial charge is 0.573 e. The first-order valence-electron chi connectivity index (χ1n) is 9.51. The van der Waals surface area contributed by atoms with E-state index >= 15 is 0 Å². The van der Waals surface area contributed by atoms with Gasteiger partial charge in [0.05, 0.1) is 18.5 Å². The predicted molar refractivity (Wildman–Crippen MR) is 106 cm³/mol. The smallest absolute Gasteiger partial charge is 0.495 e. The predicted octanol–water partition coefficient (Wildman–Crippen LogP) is 5.54. The van der Waals surface area contributed by atoms with Gasteiger partial charge in [0.15, 0.2) is 0 Å². The number of methoxy groups -OCH3 is 1. The van der Waals surface area contributed by atoms with E-state index in [0.29, 0.717) is 23.8 Å². The van der Waals surface area contributed by atoms with Crippen LogP contribution in [0.15, 0.2) is 54.7 Å². The van der Waals surface area contributed by atoms with Gasteiger partial charge in [0.2, 0.25) is 0 Å². The maximum absolute atomic E-state index is 12.4. The van der Waals surface area contributed by atoms with Crippen molar-refractivity contribution in [3.8, 4) is 22.8 Å². The highest BCUT2D eigenvalue weighted by Gasteiger charge is 2.31. The van der Waals surface area contributed by atoms with E-state index in [2.05, 4.69) is 15.0 Å². The number of hydrogen-bond acceptors (Lipinski definition) is 5. The highest BCUT2D eigenvalue weighted by atomic mass is 19.4. The number of nitrogens with zero attached hydrogens (tertiary/aromatic N) is 2. The van der Waals surface area contributed by atoms with E-state index in [1.165, 1.54) is 18.2 Å². The molecule has 2 heterocycles. The van der Waals surface area contributed by atoms with Gasteiger partial charge in [0.25, 0.3) is 0 Å². The van der Waals surface area contributed by atoms with Crippen LogP contribution in [-0.2, 0) is 6.54 Å². The minimum absolute atomic E-state index is 0.248. The lowest BCUT2D eigenvalue weighted by atomic mass is 10.1. The Hall–Kier alpha value is -3.29. The van der Waals surface area contributed by atoms with E-state index < -0.39 is 6.36 Å². The van der Waals surface area contributed by atoms with E-state index in [1.54, 1.807) is 19.4 Å². The second kappa shape index (κ2) is 8.22. The molecule has 1 aliphatic rings. The number of aromatic nitrogens is 2. The molecule has 0 bridgehead atoms. The summed E-state index contributed by atoms with van der Waals surface area (Å²) in [6.45, 7) is 0.314. The quantitative estimate of drug-likeness (QED) is 0.549. The monoisotopic (exact) mass is 415 g/mol. The molecule has 2 aromatic heterocycles. The lowest BCUT2D eigenvalue weighted by molar-refractivity contribution is -0.274. The standard InChI is InChI=1S/C22H20F3N3O2/c1-29-19-9-8-18(28-21(19)15-5-6-15)16-7-10-20(27-13-16)26-12-14-3-2-4-17(11-14)30-22(23,24)25/h2-4,7-11,13,15H,5-6,12H2,1H3,(H,26,27). The molecule has 1 fully saturated rings. The number of halogens is 3. The number of pyridine rings is 2. The Morgan fingerprint density at radius 1 is 1.10 bits per heavy atom. The van der Waals surface area contributed by atoms with E-state index in [0.717, 1.165) is 35.5 Å². The number of rotatable bonds is 7. The highest BCUT2D eigenvalue weighted by Crippen LogP contribution is 2.43. The molecule has 156 valence electrons. The Morgan fingerprint density at radius 3 is 2.60 bits per heavy atom. The number of ether oxygens (including phenoxy) is 2. The number of alkyl halides is 3. The van der Waals surface area contributed by atoms with Crippen LogP contribution in [0.25, 0.3) is 11.3 Å². The molecule has 30 heavy (non-hydrogen) atoms. The zero-order valence-corrected chi connectivity index (χ0v) is 16.2. The first kappa shape index (κ1) is 20.0. The van der Waals surface area contributed by atoms with Crippen molar-refractivity contribution in [1.29, 1.82) is 0 Å². The minimum Gasteiger partial charge on any atom is -0.495 e. The first-order valence-corrected chi connectivity index (χ1v) is 9.51. The molecule has 0 saturated heterocycles. The van der Waals surface area contributed by atoms with Gasteiger partial charge >= 0.3 is 6.36 Å². The van der Waals surface area contributed by atoms with Crippen molar-refractivity contribution >= 4 is 5.82 Å². The number of anilines is 1. The van der Waals surface area contributed by atoms with Crippen molar-refractivity contribution in [2.24, 2.45) is 0 Å². The summed E-state index contributed by atoms with van der Waals surface area (Å²) in [6.07, 6.45) is -0.735. The van der Waals surface area contributed by atoms with Crippen LogP contribution in [0.4, 0.5) is 19.0 Å². The summed E-state index contributed by atoms with van der Waals surface area (Å²) in [7, 11) is 1.65. The molecule has 0 spiro atoms. The van der Waals surface area contributed by atoms with Gasteiger partial charge < -0.3 is 14.8 Å². The Bertz CT molecular complexity index is 1020. The van der Waals surface area contributed by atoms with E-state index in [4.69, 9.17) is 9.72 Å². The molecular weight excluding hydrogens is 395 g/mol. The van der Waals surface area contributed by atoms with Crippen LogP contribution in [0.5, 0.6) is 11.5 Å². The summed E-state index contributed by atoms with van der Waals surface area (Å²) in [5.41, 5.74) is 3.34. The third-order valence-corrected chi connectivity index (χ3v) is 4.73. The summed E-state index contributed by atoms with van der Waals surface area (Å²) >= 11 is 0. The molecule has 1 aliphatic carbocycles. The van der Waals surface area contributed by atoms with Gasteiger partial charge in [-0.1, -0.05) is 12.1 Å². The molecule has 8 heteroatoms. The molecule has 1 N–H and O–H groups in total. The van der Waals surface area contributed by atoms with Gasteiger partial charge in [0, 0.05) is 24.2 Å². The van der Waals surface area contributed by atoms with Crippen molar-refractivity contribution in [3.63, 3.8) is 0 Å². The Morgan fingerprint density at radius 2 is 1.93 bits per heavy atom. The van der Waals surface area contributed by atoms with Gasteiger partial charge in [-0.05, 0) is 54.8 Å². The Balaban J connectivity index is 1.42. The maximum atomic E-state index is 12.4. The fraction of sp³-hybridized carbons (Fsp3) is 0.273. The fourth-order valence-corrected chi connectivity index (χ4v) is 3.14. The molecule has 0 atom stereocenters. The van der Waals surface area contributed by atoms with Crippen molar-refractivity contribution in [2.45, 2.75) is 31.7 Å². The summed E-state index contributed by atoms with van der Waals surface area (Å²) < 4.78 is 46.4. The molecule has 5 nitrogen and oxygen atoms in total. The SMILES string of the molecule is COc1ccc(-c2ccc(NCc3cccc(OC(F)(F)F)c3)nc2)nc1C1CC1. The first-order chi connectivity index (χ1) is 14.4. The Labute approximate surface area is 171 Å². The topological polar surface area (TPSA) is 56.3 Å². The third kappa shape index (κ3) is 5.00. The average molecular weight is 415 g/mol. The van der Waals surface area contributed by atoms with Crippen molar-refractivity contribution < 1.29 is 22.6 Å². The molecule has 0 aliphatic heterocycles. The second-order valence-electron chi connectivity index (χ2n) is 7.04. The van der Waals surface area contributed by atoms with Crippen LogP contribution in [0.2, 0.25) is 0 Å². The molecule has 0 amide bonds. The van der Waals surface area contributed by atoms with Crippen LogP contribution in [-0.4, -0.2) is 23.4 Å². The summed E-state index contributed by atoms with van der Waals surface area (Å²) in [6, 6.07) is 13.4. The van der Waals surface area contributed by atoms with E-state index in [-0.39, 0.29) is 5.75 Å². The van der Waals surface area contributed by atoms with Crippen molar-refractivity contribution in [3.05, 3.63) is 66.0 Å². The van der Waals surface area contributed by atoms with Crippen LogP contribution in [0.1, 0.15) is 30.0 Å². The molecule has 1 aromatic carbocycles.